The molecule has 6 aromatic carbocycles. The molecule has 6 aromatic rings. The number of carboxylic acids is 2. The van der Waals surface area contributed by atoms with Crippen LogP contribution in [0.2, 0.25) is 0 Å². The van der Waals surface area contributed by atoms with Crippen molar-refractivity contribution < 1.29 is 66.6 Å². The van der Waals surface area contributed by atoms with E-state index in [1.54, 1.807) is 0 Å². The minimum atomic E-state index is -5.08. The van der Waals surface area contributed by atoms with Crippen molar-refractivity contribution in [3.8, 4) is 0 Å². The molecule has 53 heavy (non-hydrogen) atoms. The molecule has 6 rings (SSSR count). The quantitative estimate of drug-likeness (QED) is 0.101. The van der Waals surface area contributed by atoms with Gasteiger partial charge in [-0.1, -0.05) is 182 Å². The summed E-state index contributed by atoms with van der Waals surface area (Å²) in [5.41, 5.74) is 0. The summed E-state index contributed by atoms with van der Waals surface area (Å²) in [6, 6.07) is 64.7. The first-order valence-electron chi connectivity index (χ1n) is 15.3. The van der Waals surface area contributed by atoms with Crippen LogP contribution in [-0.4, -0.2) is 34.5 Å². The van der Waals surface area contributed by atoms with Gasteiger partial charge in [0.15, 0.2) is 0 Å². The molecule has 0 aromatic heterocycles. The van der Waals surface area contributed by atoms with E-state index < -0.39 is 40.1 Å². The summed E-state index contributed by atoms with van der Waals surface area (Å²) in [6.07, 6.45) is -10.2. The van der Waals surface area contributed by atoms with Crippen molar-refractivity contribution in [2.24, 2.45) is 0 Å². The fourth-order valence-electron chi connectivity index (χ4n) is 4.36. The summed E-state index contributed by atoms with van der Waals surface area (Å²) in [5, 5.41) is 22.6. The van der Waals surface area contributed by atoms with Crippen LogP contribution < -0.4 is 31.8 Å². The summed E-state index contributed by atoms with van der Waals surface area (Å²) in [4.78, 5) is 17.8. The molecule has 0 amide bonds. The predicted octanol–water partition coefficient (Wildman–Crippen LogP) is 8.15. The average Bonchev–Trinajstić information content (AvgIpc) is 3.15. The number of carboxylic acid groups (broad SMARTS) is 2. The largest absolute Gasteiger partial charge is 0.490 e. The van der Waals surface area contributed by atoms with Crippen molar-refractivity contribution in [3.05, 3.63) is 182 Å². The Labute approximate surface area is 319 Å². The molecule has 0 aliphatic rings. The van der Waals surface area contributed by atoms with Crippen LogP contribution in [0.3, 0.4) is 0 Å². The van der Waals surface area contributed by atoms with Crippen molar-refractivity contribution >= 4 is 59.6 Å². The fraction of sp³-hybridized carbons (Fsp3) is 0.0500. The Kier molecular flexibility index (Phi) is 18.8. The SMILES string of the molecule is O=C(O)C(F)(F)F.O=C(O)C(F)(F)F.[Pd].c1ccc(P(c2ccccc2)c2ccccc2)cc1.c1ccc(P(c2ccccc2)c2ccccc2)cc1. The minimum Gasteiger partial charge on any atom is -0.475 e. The first kappa shape index (κ1) is 44.5. The van der Waals surface area contributed by atoms with Gasteiger partial charge in [0.25, 0.3) is 0 Å². The Balaban J connectivity index is 0.000000269. The van der Waals surface area contributed by atoms with Crippen molar-refractivity contribution in [3.63, 3.8) is 0 Å². The monoisotopic (exact) mass is 858 g/mol. The molecule has 4 nitrogen and oxygen atoms in total. The molecule has 0 aliphatic heterocycles. The van der Waals surface area contributed by atoms with Crippen molar-refractivity contribution in [2.45, 2.75) is 12.4 Å². The van der Waals surface area contributed by atoms with E-state index in [-0.39, 0.29) is 20.4 Å². The van der Waals surface area contributed by atoms with E-state index in [0.717, 1.165) is 0 Å². The average molecular weight is 859 g/mol. The first-order valence-corrected chi connectivity index (χ1v) is 18.0. The number of rotatable bonds is 6. The molecule has 0 unspecified atom stereocenters. The Hall–Kier alpha value is -4.64. The summed E-state index contributed by atoms with van der Waals surface area (Å²) in [7, 11) is -0.892. The van der Waals surface area contributed by atoms with Gasteiger partial charge in [-0.25, -0.2) is 9.59 Å². The number of hydrogen-bond donors (Lipinski definition) is 2. The van der Waals surface area contributed by atoms with Gasteiger partial charge >= 0.3 is 24.3 Å². The van der Waals surface area contributed by atoms with Crippen molar-refractivity contribution in [2.75, 3.05) is 0 Å². The molecule has 278 valence electrons. The van der Waals surface area contributed by atoms with E-state index in [2.05, 4.69) is 182 Å². The third kappa shape index (κ3) is 15.5. The second-order valence-electron chi connectivity index (χ2n) is 10.3. The Morgan fingerprint density at radius 3 is 0.547 bits per heavy atom. The van der Waals surface area contributed by atoms with Crippen molar-refractivity contribution in [1.82, 2.24) is 0 Å². The maximum Gasteiger partial charge on any atom is 0.490 e. The summed E-state index contributed by atoms with van der Waals surface area (Å²) < 4.78 is 63.5. The molecule has 13 heteroatoms. The van der Waals surface area contributed by atoms with Crippen LogP contribution in [0.5, 0.6) is 0 Å². The van der Waals surface area contributed by atoms with E-state index in [0.29, 0.717) is 0 Å². The number of aliphatic carboxylic acids is 2. The smallest absolute Gasteiger partial charge is 0.475 e. The molecule has 0 bridgehead atoms. The number of benzene rings is 6. The molecule has 0 heterocycles. The molecular formula is C40H32F6O4P2Pd. The van der Waals surface area contributed by atoms with Gasteiger partial charge in [0.05, 0.1) is 0 Å². The normalized spacial score (nSPS) is 10.6. The maximum atomic E-state index is 10.6. The van der Waals surface area contributed by atoms with Gasteiger partial charge < -0.3 is 10.2 Å². The van der Waals surface area contributed by atoms with Gasteiger partial charge in [-0.2, -0.15) is 26.3 Å². The van der Waals surface area contributed by atoms with Gasteiger partial charge in [0.2, 0.25) is 0 Å². The number of halogens is 6. The standard InChI is InChI=1S/2C18H15P.2C2HF3O2.Pd/c2*1-4-10-16(11-5-1)19(17-12-6-2-7-13-17)18-14-8-3-9-15-18;2*3-2(4,5)1(6)7;/h2*1-15H;2*(H,6,7);. The zero-order chi connectivity index (χ0) is 38.0. The zero-order valence-electron chi connectivity index (χ0n) is 27.5. The van der Waals surface area contributed by atoms with Gasteiger partial charge in [0.1, 0.15) is 0 Å². The third-order valence-corrected chi connectivity index (χ3v) is 11.5. The number of carbonyl (C=O) groups is 2. The molecule has 0 atom stereocenters. The van der Waals surface area contributed by atoms with E-state index in [1.807, 2.05) is 0 Å². The first-order chi connectivity index (χ1) is 24.8. The van der Waals surface area contributed by atoms with Gasteiger partial charge in [-0.15, -0.1) is 0 Å². The summed E-state index contributed by atoms with van der Waals surface area (Å²) in [6.45, 7) is 0. The molecule has 0 aliphatic carbocycles. The van der Waals surface area contributed by atoms with Crippen LogP contribution >= 0.6 is 15.8 Å². The molecule has 0 saturated heterocycles. The molecule has 2 N–H and O–H groups in total. The van der Waals surface area contributed by atoms with E-state index in [4.69, 9.17) is 19.8 Å². The van der Waals surface area contributed by atoms with E-state index in [1.165, 1.54) is 31.8 Å². The van der Waals surface area contributed by atoms with Gasteiger partial charge in [-0.3, -0.25) is 0 Å². The Morgan fingerprint density at radius 2 is 0.453 bits per heavy atom. The topological polar surface area (TPSA) is 74.6 Å². The van der Waals surface area contributed by atoms with Crippen molar-refractivity contribution in [1.29, 1.82) is 0 Å². The molecule has 0 spiro atoms. The molecular weight excluding hydrogens is 827 g/mol. The third-order valence-electron chi connectivity index (χ3n) is 6.57. The van der Waals surface area contributed by atoms with Crippen LogP contribution in [0.4, 0.5) is 26.3 Å². The second kappa shape index (κ2) is 22.4. The zero-order valence-corrected chi connectivity index (χ0v) is 30.9. The van der Waals surface area contributed by atoms with Crippen LogP contribution in [0, 0.1) is 0 Å². The number of alkyl halides is 6. The molecule has 0 fully saturated rings. The Bertz CT molecular complexity index is 1580. The fourth-order valence-corrected chi connectivity index (χ4v) is 8.97. The van der Waals surface area contributed by atoms with E-state index >= 15 is 0 Å². The van der Waals surface area contributed by atoms with Crippen LogP contribution in [-0.2, 0) is 30.0 Å². The van der Waals surface area contributed by atoms with Gasteiger partial charge in [-0.05, 0) is 47.7 Å². The van der Waals surface area contributed by atoms with Crippen LogP contribution in [0.15, 0.2) is 182 Å². The molecule has 0 radical (unpaired) electrons. The molecule has 0 saturated carbocycles. The maximum absolute atomic E-state index is 10.6. The van der Waals surface area contributed by atoms with Gasteiger partial charge in [0, 0.05) is 20.4 Å². The van der Waals surface area contributed by atoms with Crippen LogP contribution in [0.1, 0.15) is 0 Å². The predicted molar refractivity (Wildman–Crippen MR) is 198 cm³/mol. The Morgan fingerprint density at radius 1 is 0.340 bits per heavy atom. The van der Waals surface area contributed by atoms with Crippen LogP contribution in [0.25, 0.3) is 0 Å². The number of hydrogen-bond acceptors (Lipinski definition) is 2. The summed E-state index contributed by atoms with van der Waals surface area (Å²) >= 11 is 0. The van der Waals surface area contributed by atoms with E-state index in [9.17, 15) is 26.3 Å². The minimum absolute atomic E-state index is 0. The second-order valence-corrected chi connectivity index (χ2v) is 14.7. The summed E-state index contributed by atoms with van der Waals surface area (Å²) in [5.74, 6) is -5.51.